The highest BCUT2D eigenvalue weighted by Crippen LogP contribution is 2.27. The summed E-state index contributed by atoms with van der Waals surface area (Å²) in [7, 11) is 0. The number of thioether (sulfide) groups is 1. The van der Waals surface area contributed by atoms with Gasteiger partial charge in [-0.2, -0.15) is 0 Å². The van der Waals surface area contributed by atoms with Crippen molar-refractivity contribution in [2.24, 2.45) is 5.41 Å². The molecule has 3 nitrogen and oxygen atoms in total. The highest BCUT2D eigenvalue weighted by Gasteiger charge is 2.21. The molecule has 0 fully saturated rings. The first-order chi connectivity index (χ1) is 6.91. The maximum Gasteiger partial charge on any atom is 0.148 e. The number of hydrogen-bond donors (Lipinski definition) is 1. The van der Waals surface area contributed by atoms with Crippen LogP contribution in [0.1, 0.15) is 20.8 Å². The predicted molar refractivity (Wildman–Crippen MR) is 61.1 cm³/mol. The molecule has 0 spiro atoms. The normalized spacial score (nSPS) is 11.4. The molecular weight excluding hydrogens is 210 g/mol. The average Bonchev–Trinajstić information content (AvgIpc) is 2.14. The number of ketones is 1. The number of rotatable bonds is 3. The third-order valence-electron chi connectivity index (χ3n) is 1.93. The van der Waals surface area contributed by atoms with E-state index in [1.165, 1.54) is 11.8 Å². The highest BCUT2D eigenvalue weighted by atomic mass is 32.2. The van der Waals surface area contributed by atoms with E-state index in [1.807, 2.05) is 20.8 Å². The molecule has 0 aliphatic heterocycles. The molecule has 0 atom stereocenters. The molecule has 15 heavy (non-hydrogen) atoms. The van der Waals surface area contributed by atoms with Crippen molar-refractivity contribution in [1.82, 2.24) is 4.98 Å². The number of hydrogen-bond acceptors (Lipinski definition) is 4. The van der Waals surface area contributed by atoms with Crippen molar-refractivity contribution in [2.75, 3.05) is 5.75 Å². The lowest BCUT2D eigenvalue weighted by atomic mass is 9.92. The molecule has 1 aromatic heterocycles. The van der Waals surface area contributed by atoms with Crippen LogP contribution in [0.5, 0.6) is 5.75 Å². The van der Waals surface area contributed by atoms with Gasteiger partial charge in [-0.05, 0) is 12.1 Å². The number of pyridine rings is 1. The summed E-state index contributed by atoms with van der Waals surface area (Å²) in [6, 6.07) is 3.22. The molecule has 1 rings (SSSR count). The lowest BCUT2D eigenvalue weighted by Crippen LogP contribution is -2.22. The lowest BCUT2D eigenvalue weighted by Gasteiger charge is -2.15. The standard InChI is InChI=1S/C11H15NO2S/c1-11(2,3)9(14)7-15-10-8(13)5-4-6-12-10/h4-6,13H,7H2,1-3H3. The molecule has 0 aliphatic carbocycles. The summed E-state index contributed by atoms with van der Waals surface area (Å²) in [5.74, 6) is 0.621. The van der Waals surface area contributed by atoms with Gasteiger partial charge in [0.2, 0.25) is 0 Å². The molecule has 0 saturated heterocycles. The Kier molecular flexibility index (Phi) is 3.74. The van der Waals surface area contributed by atoms with Crippen molar-refractivity contribution in [3.05, 3.63) is 18.3 Å². The first-order valence-electron chi connectivity index (χ1n) is 4.71. The van der Waals surface area contributed by atoms with Crippen molar-refractivity contribution in [3.8, 4) is 5.75 Å². The first-order valence-corrected chi connectivity index (χ1v) is 5.70. The molecule has 0 saturated carbocycles. The summed E-state index contributed by atoms with van der Waals surface area (Å²) in [5.41, 5.74) is -0.336. The van der Waals surface area contributed by atoms with Gasteiger partial charge in [0.05, 0.1) is 5.75 Å². The van der Waals surface area contributed by atoms with E-state index in [9.17, 15) is 9.90 Å². The zero-order chi connectivity index (χ0) is 11.5. The minimum absolute atomic E-state index is 0.129. The third kappa shape index (κ3) is 3.55. The average molecular weight is 225 g/mol. The molecule has 0 amide bonds. The van der Waals surface area contributed by atoms with Crippen LogP contribution >= 0.6 is 11.8 Å². The quantitative estimate of drug-likeness (QED) is 0.803. The van der Waals surface area contributed by atoms with E-state index < -0.39 is 0 Å². The fraction of sp³-hybridized carbons (Fsp3) is 0.455. The van der Waals surface area contributed by atoms with E-state index >= 15 is 0 Å². The Labute approximate surface area is 93.9 Å². The van der Waals surface area contributed by atoms with Crippen LogP contribution in [-0.2, 0) is 4.79 Å². The van der Waals surface area contributed by atoms with Gasteiger partial charge >= 0.3 is 0 Å². The van der Waals surface area contributed by atoms with Crippen LogP contribution < -0.4 is 0 Å². The summed E-state index contributed by atoms with van der Waals surface area (Å²) >= 11 is 1.27. The number of Topliss-reactive ketones (excluding diaryl/α,β-unsaturated/α-hetero) is 1. The predicted octanol–water partition coefficient (Wildman–Crippen LogP) is 2.49. The number of carbonyl (C=O) groups is 1. The van der Waals surface area contributed by atoms with Crippen LogP contribution in [0.15, 0.2) is 23.4 Å². The summed E-state index contributed by atoms with van der Waals surface area (Å²) in [6.07, 6.45) is 1.60. The molecular formula is C11H15NO2S. The largest absolute Gasteiger partial charge is 0.505 e. The third-order valence-corrected chi connectivity index (χ3v) is 2.92. The zero-order valence-corrected chi connectivity index (χ0v) is 9.97. The molecule has 0 unspecified atom stereocenters. The van der Waals surface area contributed by atoms with Gasteiger partial charge in [0.1, 0.15) is 16.6 Å². The van der Waals surface area contributed by atoms with Gasteiger partial charge < -0.3 is 5.11 Å². The number of carbonyl (C=O) groups excluding carboxylic acids is 1. The van der Waals surface area contributed by atoms with Crippen LogP contribution in [0, 0.1) is 5.41 Å². The van der Waals surface area contributed by atoms with Gasteiger partial charge in [-0.15, -0.1) is 0 Å². The van der Waals surface area contributed by atoms with Crippen LogP contribution in [0.2, 0.25) is 0 Å². The highest BCUT2D eigenvalue weighted by molar-refractivity contribution is 8.00. The van der Waals surface area contributed by atoms with Crippen molar-refractivity contribution in [1.29, 1.82) is 0 Å². The minimum atomic E-state index is -0.336. The maximum atomic E-state index is 11.6. The molecule has 1 N–H and O–H groups in total. The fourth-order valence-electron chi connectivity index (χ4n) is 0.844. The van der Waals surface area contributed by atoms with Crippen LogP contribution in [0.4, 0.5) is 0 Å². The second kappa shape index (κ2) is 4.66. The molecule has 0 radical (unpaired) electrons. The maximum absolute atomic E-state index is 11.6. The van der Waals surface area contributed by atoms with Gasteiger partial charge in [-0.3, -0.25) is 4.79 Å². The Hall–Kier alpha value is -1.03. The van der Waals surface area contributed by atoms with Crippen molar-refractivity contribution in [3.63, 3.8) is 0 Å². The minimum Gasteiger partial charge on any atom is -0.505 e. The Morgan fingerprint density at radius 3 is 2.73 bits per heavy atom. The van der Waals surface area contributed by atoms with Crippen LogP contribution in [0.25, 0.3) is 0 Å². The van der Waals surface area contributed by atoms with Gasteiger partial charge in [-0.25, -0.2) is 4.98 Å². The Bertz CT molecular complexity index is 358. The Morgan fingerprint density at radius 2 is 2.20 bits per heavy atom. The topological polar surface area (TPSA) is 50.2 Å². The second-order valence-corrected chi connectivity index (χ2v) is 5.25. The summed E-state index contributed by atoms with van der Waals surface area (Å²) in [4.78, 5) is 15.6. The lowest BCUT2D eigenvalue weighted by molar-refractivity contribution is -0.123. The molecule has 1 aromatic rings. The van der Waals surface area contributed by atoms with Gasteiger partial charge in [0.15, 0.2) is 0 Å². The smallest absolute Gasteiger partial charge is 0.148 e. The Balaban J connectivity index is 2.59. The summed E-state index contributed by atoms with van der Waals surface area (Å²) < 4.78 is 0. The molecule has 4 heteroatoms. The molecule has 0 bridgehead atoms. The molecule has 0 aromatic carbocycles. The van der Waals surface area contributed by atoms with E-state index in [1.54, 1.807) is 18.3 Å². The number of aromatic nitrogens is 1. The monoisotopic (exact) mass is 225 g/mol. The van der Waals surface area contributed by atoms with Gasteiger partial charge in [0, 0.05) is 11.6 Å². The van der Waals surface area contributed by atoms with E-state index in [0.29, 0.717) is 10.8 Å². The Morgan fingerprint density at radius 1 is 1.53 bits per heavy atom. The summed E-state index contributed by atoms with van der Waals surface area (Å²) in [5, 5.41) is 9.94. The SMILES string of the molecule is CC(C)(C)C(=O)CSc1ncccc1O. The second-order valence-electron chi connectivity index (χ2n) is 4.29. The van der Waals surface area contributed by atoms with Crippen LogP contribution in [-0.4, -0.2) is 21.6 Å². The number of aromatic hydroxyl groups is 1. The zero-order valence-electron chi connectivity index (χ0n) is 9.15. The molecule has 1 heterocycles. The first kappa shape index (κ1) is 12.0. The van der Waals surface area contributed by atoms with Gasteiger partial charge in [-0.1, -0.05) is 32.5 Å². The number of nitrogens with zero attached hydrogens (tertiary/aromatic N) is 1. The van der Waals surface area contributed by atoms with E-state index in [4.69, 9.17) is 0 Å². The van der Waals surface area contributed by atoms with E-state index in [2.05, 4.69) is 4.98 Å². The van der Waals surface area contributed by atoms with E-state index in [0.717, 1.165) is 0 Å². The summed E-state index contributed by atoms with van der Waals surface area (Å²) in [6.45, 7) is 5.65. The van der Waals surface area contributed by atoms with Gasteiger partial charge in [0.25, 0.3) is 0 Å². The fourth-order valence-corrected chi connectivity index (χ4v) is 1.90. The van der Waals surface area contributed by atoms with Crippen molar-refractivity contribution in [2.45, 2.75) is 25.8 Å². The molecule has 82 valence electrons. The van der Waals surface area contributed by atoms with E-state index in [-0.39, 0.29) is 16.9 Å². The molecule has 0 aliphatic rings. The van der Waals surface area contributed by atoms with Crippen molar-refractivity contribution < 1.29 is 9.90 Å². The van der Waals surface area contributed by atoms with Crippen LogP contribution in [0.3, 0.4) is 0 Å². The van der Waals surface area contributed by atoms with Crippen molar-refractivity contribution >= 4 is 17.5 Å².